The maximum atomic E-state index is 11.8. The van der Waals surface area contributed by atoms with E-state index in [2.05, 4.69) is 0 Å². The van der Waals surface area contributed by atoms with E-state index in [1.54, 1.807) is 0 Å². The van der Waals surface area contributed by atoms with Crippen molar-refractivity contribution in [1.29, 1.82) is 0 Å². The number of hydrogen-bond donors (Lipinski definition) is 4. The van der Waals surface area contributed by atoms with E-state index in [0.717, 1.165) is 0 Å². The fourth-order valence-corrected chi connectivity index (χ4v) is 2.09. The number of carbonyl (C=O) groups is 1. The van der Waals surface area contributed by atoms with Gasteiger partial charge in [-0.3, -0.25) is 0 Å². The number of methoxy groups -OCH3 is 1. The minimum absolute atomic E-state index is 0.0163. The molecule has 1 heterocycles. The van der Waals surface area contributed by atoms with Gasteiger partial charge in [-0.15, -0.1) is 0 Å². The minimum atomic E-state index is -1.48. The first-order valence-electron chi connectivity index (χ1n) is 6.62. The Morgan fingerprint density at radius 3 is 2.36 bits per heavy atom. The predicted molar refractivity (Wildman–Crippen MR) is 72.1 cm³/mol. The van der Waals surface area contributed by atoms with Crippen molar-refractivity contribution in [1.82, 2.24) is 0 Å². The molecule has 1 aliphatic rings. The molecule has 0 spiro atoms. The Labute approximate surface area is 126 Å². The highest BCUT2D eigenvalue weighted by Gasteiger charge is 2.44. The lowest BCUT2D eigenvalue weighted by Crippen LogP contribution is -2.59. The van der Waals surface area contributed by atoms with E-state index in [-0.39, 0.29) is 17.9 Å². The molecule has 4 N–H and O–H groups in total. The maximum absolute atomic E-state index is 11.8. The quantitative estimate of drug-likeness (QED) is 0.522. The standard InChI is InChI=1S/C14H18O8/c1-20-14-12(18)11(17)10(16)9(22-14)6-21-13(19)7-2-4-8(15)5-3-7/h2-5,9-12,14-18H,6H2,1H3. The molecular formula is C14H18O8. The lowest BCUT2D eigenvalue weighted by molar-refractivity contribution is -0.294. The highest BCUT2D eigenvalue weighted by atomic mass is 16.7. The van der Waals surface area contributed by atoms with Gasteiger partial charge in [-0.1, -0.05) is 0 Å². The monoisotopic (exact) mass is 314 g/mol. The van der Waals surface area contributed by atoms with Gasteiger partial charge < -0.3 is 34.6 Å². The van der Waals surface area contributed by atoms with E-state index in [1.807, 2.05) is 0 Å². The van der Waals surface area contributed by atoms with Crippen molar-refractivity contribution in [3.63, 3.8) is 0 Å². The van der Waals surface area contributed by atoms with Gasteiger partial charge in [0.05, 0.1) is 5.56 Å². The molecule has 0 bridgehead atoms. The number of carbonyl (C=O) groups excluding carboxylic acids is 1. The van der Waals surface area contributed by atoms with E-state index in [4.69, 9.17) is 19.3 Å². The first-order valence-corrected chi connectivity index (χ1v) is 6.62. The first-order chi connectivity index (χ1) is 10.4. The lowest BCUT2D eigenvalue weighted by Gasteiger charge is -2.39. The molecule has 0 radical (unpaired) electrons. The summed E-state index contributed by atoms with van der Waals surface area (Å²) in [6, 6.07) is 5.44. The summed E-state index contributed by atoms with van der Waals surface area (Å²) < 4.78 is 15.1. The summed E-state index contributed by atoms with van der Waals surface area (Å²) >= 11 is 0. The molecule has 1 aromatic carbocycles. The summed E-state index contributed by atoms with van der Waals surface area (Å²) in [6.07, 6.45) is -6.46. The molecule has 1 aliphatic heterocycles. The second kappa shape index (κ2) is 7.03. The molecular weight excluding hydrogens is 296 g/mol. The van der Waals surface area contributed by atoms with E-state index < -0.39 is 36.7 Å². The SMILES string of the molecule is COC1OC(COC(=O)c2ccc(O)cc2)C(O)C(O)C1O. The molecule has 1 fully saturated rings. The molecule has 1 aromatic rings. The number of aliphatic hydroxyl groups is 3. The molecule has 5 unspecified atom stereocenters. The number of rotatable bonds is 4. The number of benzene rings is 1. The van der Waals surface area contributed by atoms with Crippen LogP contribution in [-0.2, 0) is 14.2 Å². The summed E-state index contributed by atoms with van der Waals surface area (Å²) in [5, 5.41) is 38.3. The average Bonchev–Trinajstić information content (AvgIpc) is 2.52. The third-order valence-electron chi connectivity index (χ3n) is 3.38. The molecule has 1 saturated heterocycles. The Morgan fingerprint density at radius 2 is 1.77 bits per heavy atom. The van der Waals surface area contributed by atoms with Gasteiger partial charge in [-0.25, -0.2) is 4.79 Å². The molecule has 0 amide bonds. The topological polar surface area (TPSA) is 126 Å². The zero-order valence-electron chi connectivity index (χ0n) is 11.8. The molecule has 122 valence electrons. The number of phenolic OH excluding ortho intramolecular Hbond substituents is 1. The van der Waals surface area contributed by atoms with Gasteiger partial charge in [0.25, 0.3) is 0 Å². The van der Waals surface area contributed by atoms with Crippen molar-refractivity contribution in [2.45, 2.75) is 30.7 Å². The smallest absolute Gasteiger partial charge is 0.338 e. The summed E-state index contributed by atoms with van der Waals surface area (Å²) in [7, 11) is 1.28. The number of aliphatic hydroxyl groups excluding tert-OH is 3. The molecule has 0 aliphatic carbocycles. The predicted octanol–water partition coefficient (Wildman–Crippen LogP) is -0.997. The minimum Gasteiger partial charge on any atom is -0.508 e. The molecule has 2 rings (SSSR count). The number of ether oxygens (including phenoxy) is 3. The Kier molecular flexibility index (Phi) is 5.33. The third-order valence-corrected chi connectivity index (χ3v) is 3.38. The molecule has 8 heteroatoms. The maximum Gasteiger partial charge on any atom is 0.338 e. The fraction of sp³-hybridized carbons (Fsp3) is 0.500. The number of aromatic hydroxyl groups is 1. The summed E-state index contributed by atoms with van der Waals surface area (Å²) in [5.41, 5.74) is 0.215. The van der Waals surface area contributed by atoms with Gasteiger partial charge in [-0.2, -0.15) is 0 Å². The Hall–Kier alpha value is -1.71. The fourth-order valence-electron chi connectivity index (χ4n) is 2.09. The van der Waals surface area contributed by atoms with Crippen molar-refractivity contribution in [3.05, 3.63) is 29.8 Å². The zero-order valence-corrected chi connectivity index (χ0v) is 11.8. The Balaban J connectivity index is 1.95. The summed E-state index contributed by atoms with van der Waals surface area (Å²) in [4.78, 5) is 11.8. The highest BCUT2D eigenvalue weighted by Crippen LogP contribution is 2.22. The van der Waals surface area contributed by atoms with Crippen LogP contribution in [0.4, 0.5) is 0 Å². The third kappa shape index (κ3) is 3.54. The van der Waals surface area contributed by atoms with Gasteiger partial charge in [0, 0.05) is 7.11 Å². The molecule has 22 heavy (non-hydrogen) atoms. The zero-order chi connectivity index (χ0) is 16.3. The van der Waals surface area contributed by atoms with Gasteiger partial charge in [0.1, 0.15) is 36.8 Å². The molecule has 0 aromatic heterocycles. The van der Waals surface area contributed by atoms with Gasteiger partial charge >= 0.3 is 5.97 Å². The van der Waals surface area contributed by atoms with Crippen LogP contribution in [0.2, 0.25) is 0 Å². The van der Waals surface area contributed by atoms with Crippen LogP contribution >= 0.6 is 0 Å². The summed E-state index contributed by atoms with van der Waals surface area (Å²) in [5.74, 6) is -0.659. The lowest BCUT2D eigenvalue weighted by atomic mass is 9.99. The van der Waals surface area contributed by atoms with Crippen LogP contribution in [0, 0.1) is 0 Å². The van der Waals surface area contributed by atoms with E-state index in [0.29, 0.717) is 0 Å². The second-order valence-corrected chi connectivity index (χ2v) is 4.90. The van der Waals surface area contributed by atoms with Gasteiger partial charge in [0.2, 0.25) is 0 Å². The van der Waals surface area contributed by atoms with Crippen LogP contribution in [0.3, 0.4) is 0 Å². The number of phenols is 1. The Morgan fingerprint density at radius 1 is 1.14 bits per heavy atom. The average molecular weight is 314 g/mol. The highest BCUT2D eigenvalue weighted by molar-refractivity contribution is 5.89. The van der Waals surface area contributed by atoms with Crippen molar-refractivity contribution >= 4 is 5.97 Å². The largest absolute Gasteiger partial charge is 0.508 e. The summed E-state index contributed by atoms with van der Waals surface area (Å²) in [6.45, 7) is -0.329. The van der Waals surface area contributed by atoms with Crippen molar-refractivity contribution in [3.8, 4) is 5.75 Å². The molecule has 8 nitrogen and oxygen atoms in total. The van der Waals surface area contributed by atoms with E-state index in [9.17, 15) is 20.1 Å². The van der Waals surface area contributed by atoms with Gasteiger partial charge in [0.15, 0.2) is 6.29 Å². The van der Waals surface area contributed by atoms with Crippen LogP contribution < -0.4 is 0 Å². The Bertz CT molecular complexity index is 500. The first kappa shape index (κ1) is 16.7. The molecule has 0 saturated carbocycles. The van der Waals surface area contributed by atoms with Crippen LogP contribution in [0.15, 0.2) is 24.3 Å². The normalized spacial score (nSPS) is 31.7. The second-order valence-electron chi connectivity index (χ2n) is 4.90. The molecule has 5 atom stereocenters. The van der Waals surface area contributed by atoms with Crippen LogP contribution in [0.1, 0.15) is 10.4 Å². The van der Waals surface area contributed by atoms with E-state index >= 15 is 0 Å². The number of hydrogen-bond acceptors (Lipinski definition) is 8. The number of esters is 1. The van der Waals surface area contributed by atoms with Crippen molar-refractivity contribution in [2.75, 3.05) is 13.7 Å². The van der Waals surface area contributed by atoms with Crippen LogP contribution in [-0.4, -0.2) is 70.8 Å². The van der Waals surface area contributed by atoms with Gasteiger partial charge in [-0.05, 0) is 24.3 Å². The van der Waals surface area contributed by atoms with E-state index in [1.165, 1.54) is 31.4 Å². The van der Waals surface area contributed by atoms with Crippen LogP contribution in [0.5, 0.6) is 5.75 Å². The van der Waals surface area contributed by atoms with Crippen molar-refractivity contribution in [2.24, 2.45) is 0 Å². The van der Waals surface area contributed by atoms with Crippen molar-refractivity contribution < 1.29 is 39.4 Å². The van der Waals surface area contributed by atoms with Crippen LogP contribution in [0.25, 0.3) is 0 Å².